The summed E-state index contributed by atoms with van der Waals surface area (Å²) in [6.07, 6.45) is 0. The first kappa shape index (κ1) is 13.5. The van der Waals surface area contributed by atoms with Crippen molar-refractivity contribution in [1.82, 2.24) is 25.0 Å². The van der Waals surface area contributed by atoms with Crippen molar-refractivity contribution in [3.05, 3.63) is 35.8 Å². The fourth-order valence-electron chi connectivity index (χ4n) is 1.84. The lowest BCUT2D eigenvalue weighted by molar-refractivity contribution is 0.0685. The first-order valence-electron chi connectivity index (χ1n) is 6.10. The summed E-state index contributed by atoms with van der Waals surface area (Å²) in [6.45, 7) is 1.83. The minimum atomic E-state index is -1.12. The zero-order chi connectivity index (χ0) is 15.0. The molecule has 1 aromatic carbocycles. The molecule has 0 unspecified atom stereocenters. The molecule has 7 nitrogen and oxygen atoms in total. The van der Waals surface area contributed by atoms with Gasteiger partial charge in [0.1, 0.15) is 5.82 Å². The van der Waals surface area contributed by atoms with Crippen molar-refractivity contribution < 1.29 is 9.90 Å². The van der Waals surface area contributed by atoms with Crippen LogP contribution in [0.1, 0.15) is 16.3 Å². The Balaban J connectivity index is 2.21. The molecule has 0 saturated heterocycles. The van der Waals surface area contributed by atoms with Gasteiger partial charge in [-0.1, -0.05) is 18.2 Å². The van der Waals surface area contributed by atoms with E-state index in [1.807, 2.05) is 32.2 Å². The molecule has 3 rings (SSSR count). The summed E-state index contributed by atoms with van der Waals surface area (Å²) in [5.74, 6) is -0.365. The highest BCUT2D eigenvalue weighted by Gasteiger charge is 2.19. The Hall–Kier alpha value is -2.48. The minimum absolute atomic E-state index is 0.0839. The summed E-state index contributed by atoms with van der Waals surface area (Å²) < 4.78 is 1.80. The molecule has 2 heterocycles. The largest absolute Gasteiger partial charge is 0.476 e. The topological polar surface area (TPSA) is 93.8 Å². The second-order valence-corrected chi connectivity index (χ2v) is 5.37. The molecule has 8 heteroatoms. The Bertz CT molecular complexity index is 846. The summed E-state index contributed by atoms with van der Waals surface area (Å²) >= 11 is 1.23. The number of aromatic carboxylic acids is 1. The molecule has 2 aromatic heterocycles. The van der Waals surface area contributed by atoms with Crippen molar-refractivity contribution in [1.29, 1.82) is 0 Å². The highest BCUT2D eigenvalue weighted by molar-refractivity contribution is 7.99. The summed E-state index contributed by atoms with van der Waals surface area (Å²) in [4.78, 5) is 11.9. The van der Waals surface area contributed by atoms with Gasteiger partial charge in [-0.2, -0.15) is 0 Å². The Morgan fingerprint density at radius 1 is 1.19 bits per heavy atom. The van der Waals surface area contributed by atoms with Crippen LogP contribution in [-0.2, 0) is 7.05 Å². The first-order valence-corrected chi connectivity index (χ1v) is 6.92. The van der Waals surface area contributed by atoms with Crippen molar-refractivity contribution >= 4 is 28.6 Å². The van der Waals surface area contributed by atoms with Crippen LogP contribution in [0.3, 0.4) is 0 Å². The van der Waals surface area contributed by atoms with Gasteiger partial charge in [-0.15, -0.1) is 20.4 Å². The summed E-state index contributed by atoms with van der Waals surface area (Å²) in [7, 11) is 1.83. The van der Waals surface area contributed by atoms with Crippen LogP contribution in [0.15, 0.2) is 34.3 Å². The molecule has 0 radical (unpaired) electrons. The van der Waals surface area contributed by atoms with E-state index in [2.05, 4.69) is 20.4 Å². The fourth-order valence-corrected chi connectivity index (χ4v) is 2.88. The Kier molecular flexibility index (Phi) is 3.30. The van der Waals surface area contributed by atoms with Crippen LogP contribution in [0.2, 0.25) is 0 Å². The number of carboxylic acid groups (broad SMARTS) is 1. The van der Waals surface area contributed by atoms with Crippen molar-refractivity contribution in [2.45, 2.75) is 17.0 Å². The molecule has 0 spiro atoms. The number of hydrogen-bond donors (Lipinski definition) is 1. The van der Waals surface area contributed by atoms with Crippen LogP contribution in [0.5, 0.6) is 0 Å². The molecule has 0 saturated carbocycles. The summed E-state index contributed by atoms with van der Waals surface area (Å²) in [5.41, 5.74) is 0.559. The maximum Gasteiger partial charge on any atom is 0.357 e. The molecular weight excluding hydrogens is 290 g/mol. The molecule has 0 aliphatic heterocycles. The Morgan fingerprint density at radius 2 is 1.95 bits per heavy atom. The van der Waals surface area contributed by atoms with Gasteiger partial charge in [-0.25, -0.2) is 4.79 Å². The van der Waals surface area contributed by atoms with Crippen LogP contribution in [-0.4, -0.2) is 36.0 Å². The van der Waals surface area contributed by atoms with Gasteiger partial charge in [0.2, 0.25) is 0 Å². The number of fused-ring (bicyclic) bond motifs is 1. The van der Waals surface area contributed by atoms with Gasteiger partial charge < -0.3 is 9.67 Å². The third kappa shape index (κ3) is 2.33. The van der Waals surface area contributed by atoms with Crippen LogP contribution in [0, 0.1) is 6.92 Å². The maximum absolute atomic E-state index is 11.4. The third-order valence-corrected chi connectivity index (χ3v) is 4.23. The van der Waals surface area contributed by atoms with E-state index in [9.17, 15) is 9.90 Å². The molecule has 0 atom stereocenters. The lowest BCUT2D eigenvalue weighted by Crippen LogP contribution is -2.06. The van der Waals surface area contributed by atoms with Crippen LogP contribution in [0.4, 0.5) is 0 Å². The number of hydrogen-bond acceptors (Lipinski definition) is 6. The molecular formula is C13H11N5O2S. The highest BCUT2D eigenvalue weighted by atomic mass is 32.2. The normalized spacial score (nSPS) is 11.0. The van der Waals surface area contributed by atoms with E-state index in [0.29, 0.717) is 15.6 Å². The number of nitrogens with zero attached hydrogens (tertiary/aromatic N) is 5. The number of benzene rings is 1. The first-order chi connectivity index (χ1) is 10.1. The van der Waals surface area contributed by atoms with Gasteiger partial charge in [-0.05, 0) is 24.8 Å². The number of carbonyl (C=O) groups is 1. The predicted molar refractivity (Wildman–Crippen MR) is 76.4 cm³/mol. The molecule has 21 heavy (non-hydrogen) atoms. The number of carboxylic acids is 1. The van der Waals surface area contributed by atoms with Crippen molar-refractivity contribution in [2.75, 3.05) is 0 Å². The van der Waals surface area contributed by atoms with Crippen molar-refractivity contribution in [3.63, 3.8) is 0 Å². The minimum Gasteiger partial charge on any atom is -0.476 e. The standard InChI is InChI=1S/C13H11N5O2S/c1-7-14-17-13(18(7)2)21-11-8-5-3-4-6-9(8)15-16-10(11)12(19)20/h3-6H,1-2H3,(H,19,20). The summed E-state index contributed by atoms with van der Waals surface area (Å²) in [6, 6.07) is 7.28. The summed E-state index contributed by atoms with van der Waals surface area (Å²) in [5, 5.41) is 26.4. The van der Waals surface area contributed by atoms with Crippen LogP contribution >= 0.6 is 11.8 Å². The smallest absolute Gasteiger partial charge is 0.357 e. The lowest BCUT2D eigenvalue weighted by atomic mass is 10.2. The molecule has 0 fully saturated rings. The Morgan fingerprint density at radius 3 is 2.62 bits per heavy atom. The molecule has 106 valence electrons. The number of aryl methyl sites for hydroxylation is 1. The van der Waals surface area contributed by atoms with E-state index in [-0.39, 0.29) is 5.69 Å². The highest BCUT2D eigenvalue weighted by Crippen LogP contribution is 2.33. The van der Waals surface area contributed by atoms with Crippen LogP contribution < -0.4 is 0 Å². The maximum atomic E-state index is 11.4. The molecule has 0 amide bonds. The van der Waals surface area contributed by atoms with Gasteiger partial charge >= 0.3 is 5.97 Å². The molecule has 3 aromatic rings. The van der Waals surface area contributed by atoms with E-state index < -0.39 is 5.97 Å². The third-order valence-electron chi connectivity index (χ3n) is 3.07. The molecule has 0 aliphatic rings. The Labute approximate surface area is 124 Å². The predicted octanol–water partition coefficient (Wildman–Crippen LogP) is 1.92. The van der Waals surface area contributed by atoms with E-state index in [1.54, 1.807) is 10.6 Å². The molecule has 1 N–H and O–H groups in total. The van der Waals surface area contributed by atoms with E-state index in [1.165, 1.54) is 11.8 Å². The van der Waals surface area contributed by atoms with Gasteiger partial charge in [0.15, 0.2) is 10.9 Å². The lowest BCUT2D eigenvalue weighted by Gasteiger charge is -2.07. The number of rotatable bonds is 3. The monoisotopic (exact) mass is 301 g/mol. The SMILES string of the molecule is Cc1nnc(Sc2c(C(=O)O)nnc3ccccc23)n1C. The zero-order valence-corrected chi connectivity index (χ0v) is 12.1. The van der Waals surface area contributed by atoms with E-state index >= 15 is 0 Å². The average molecular weight is 301 g/mol. The second-order valence-electron chi connectivity index (χ2n) is 4.39. The second kappa shape index (κ2) is 5.13. The van der Waals surface area contributed by atoms with E-state index in [0.717, 1.165) is 11.2 Å². The van der Waals surface area contributed by atoms with Crippen LogP contribution in [0.25, 0.3) is 10.9 Å². The molecule has 0 aliphatic carbocycles. The van der Waals surface area contributed by atoms with Gasteiger partial charge in [0.05, 0.1) is 10.4 Å². The van der Waals surface area contributed by atoms with E-state index in [4.69, 9.17) is 0 Å². The van der Waals surface area contributed by atoms with Crippen molar-refractivity contribution in [3.8, 4) is 0 Å². The fraction of sp³-hybridized carbons (Fsp3) is 0.154. The van der Waals surface area contributed by atoms with Crippen molar-refractivity contribution in [2.24, 2.45) is 7.05 Å². The quantitative estimate of drug-likeness (QED) is 0.789. The average Bonchev–Trinajstić information content (AvgIpc) is 2.79. The zero-order valence-electron chi connectivity index (χ0n) is 11.3. The van der Waals surface area contributed by atoms with Gasteiger partial charge in [-0.3, -0.25) is 0 Å². The number of aromatic nitrogens is 5. The molecule has 0 bridgehead atoms. The van der Waals surface area contributed by atoms with Gasteiger partial charge in [0.25, 0.3) is 0 Å². The van der Waals surface area contributed by atoms with Gasteiger partial charge in [0, 0.05) is 12.4 Å².